The largest absolute Gasteiger partial charge is 0.508 e. The monoisotopic (exact) mass is 286 g/mol. The molecule has 0 spiro atoms. The van der Waals surface area contributed by atoms with E-state index in [1.54, 1.807) is 12.1 Å². The number of phenolic OH excluding ortho intramolecular Hbond substituents is 1. The number of aromatic hydroxyl groups is 1. The third-order valence-electron chi connectivity index (χ3n) is 3.72. The molecule has 4 aromatic rings. The van der Waals surface area contributed by atoms with E-state index in [4.69, 9.17) is 4.98 Å². The minimum atomic E-state index is 0.259. The molecule has 1 heterocycles. The number of nitrogens with zero attached hydrogens (tertiary/aromatic N) is 1. The van der Waals surface area contributed by atoms with Crippen molar-refractivity contribution >= 4 is 33.2 Å². The molecule has 3 heteroatoms. The summed E-state index contributed by atoms with van der Waals surface area (Å²) in [5, 5.41) is 15.1. The zero-order chi connectivity index (χ0) is 14.9. The lowest BCUT2D eigenvalue weighted by atomic mass is 10.1. The van der Waals surface area contributed by atoms with Gasteiger partial charge in [0.15, 0.2) is 0 Å². The van der Waals surface area contributed by atoms with Gasteiger partial charge in [0.25, 0.3) is 0 Å². The van der Waals surface area contributed by atoms with Crippen LogP contribution in [0.3, 0.4) is 0 Å². The Morgan fingerprint density at radius 3 is 1.82 bits per heavy atom. The molecular formula is C19H14N2O. The molecule has 0 fully saturated rings. The summed E-state index contributed by atoms with van der Waals surface area (Å²) in [5.74, 6) is 0.259. The smallest absolute Gasteiger partial charge is 0.115 e. The van der Waals surface area contributed by atoms with Crippen LogP contribution in [0.2, 0.25) is 0 Å². The molecule has 2 N–H and O–H groups in total. The molecule has 3 aromatic carbocycles. The number of pyridine rings is 1. The molecule has 106 valence electrons. The first kappa shape index (κ1) is 12.7. The van der Waals surface area contributed by atoms with Gasteiger partial charge >= 0.3 is 0 Å². The molecule has 0 radical (unpaired) electrons. The third kappa shape index (κ3) is 2.13. The van der Waals surface area contributed by atoms with Crippen LogP contribution in [-0.4, -0.2) is 10.1 Å². The summed E-state index contributed by atoms with van der Waals surface area (Å²) in [4.78, 5) is 4.71. The minimum absolute atomic E-state index is 0.259. The van der Waals surface area contributed by atoms with Gasteiger partial charge in [-0.25, -0.2) is 4.98 Å². The highest BCUT2D eigenvalue weighted by Crippen LogP contribution is 2.33. The van der Waals surface area contributed by atoms with Crippen LogP contribution in [0.1, 0.15) is 0 Å². The molecule has 1 aromatic heterocycles. The van der Waals surface area contributed by atoms with Gasteiger partial charge in [-0.05, 0) is 36.4 Å². The second kappa shape index (κ2) is 5.04. The molecule has 0 bridgehead atoms. The molecule has 0 atom stereocenters. The number of phenols is 1. The lowest BCUT2D eigenvalue weighted by molar-refractivity contribution is 0.475. The van der Waals surface area contributed by atoms with Gasteiger partial charge in [-0.15, -0.1) is 0 Å². The summed E-state index contributed by atoms with van der Waals surface area (Å²) in [7, 11) is 0. The van der Waals surface area contributed by atoms with Crippen LogP contribution in [0.5, 0.6) is 5.75 Å². The van der Waals surface area contributed by atoms with Gasteiger partial charge in [-0.2, -0.15) is 0 Å². The fourth-order valence-corrected chi connectivity index (χ4v) is 2.66. The molecule has 3 nitrogen and oxygen atoms in total. The topological polar surface area (TPSA) is 45.1 Å². The minimum Gasteiger partial charge on any atom is -0.508 e. The van der Waals surface area contributed by atoms with Crippen LogP contribution in [0.4, 0.5) is 11.4 Å². The zero-order valence-corrected chi connectivity index (χ0v) is 11.8. The fourth-order valence-electron chi connectivity index (χ4n) is 2.66. The zero-order valence-electron chi connectivity index (χ0n) is 11.8. The van der Waals surface area contributed by atoms with Crippen LogP contribution in [-0.2, 0) is 0 Å². The van der Waals surface area contributed by atoms with Crippen LogP contribution < -0.4 is 5.32 Å². The molecule has 0 aliphatic rings. The first-order chi connectivity index (χ1) is 10.8. The first-order valence-corrected chi connectivity index (χ1v) is 7.15. The summed E-state index contributed by atoms with van der Waals surface area (Å²) in [6.45, 7) is 0. The average Bonchev–Trinajstić information content (AvgIpc) is 2.56. The summed E-state index contributed by atoms with van der Waals surface area (Å²) in [6, 6.07) is 23.3. The number of rotatable bonds is 2. The highest BCUT2D eigenvalue weighted by atomic mass is 16.3. The van der Waals surface area contributed by atoms with Crippen LogP contribution in [0, 0.1) is 0 Å². The number of fused-ring (bicyclic) bond motifs is 2. The Bertz CT molecular complexity index is 908. The summed E-state index contributed by atoms with van der Waals surface area (Å²) in [6.07, 6.45) is 0. The Hall–Kier alpha value is -3.07. The number of aromatic nitrogens is 1. The average molecular weight is 286 g/mol. The Morgan fingerprint density at radius 1 is 0.682 bits per heavy atom. The van der Waals surface area contributed by atoms with Crippen LogP contribution in [0.15, 0.2) is 72.8 Å². The van der Waals surface area contributed by atoms with Crippen molar-refractivity contribution in [3.05, 3.63) is 72.8 Å². The highest BCUT2D eigenvalue weighted by molar-refractivity contribution is 6.08. The standard InChI is InChI=1S/C19H14N2O/c22-14-11-9-13(10-12-14)20-19-15-5-1-3-7-17(15)21-18-8-4-2-6-16(18)19/h1-12,22H,(H,20,21). The van der Waals surface area contributed by atoms with E-state index < -0.39 is 0 Å². The van der Waals surface area contributed by atoms with Crippen molar-refractivity contribution in [3.8, 4) is 5.75 Å². The molecule has 0 aliphatic heterocycles. The van der Waals surface area contributed by atoms with Gasteiger partial charge in [0.1, 0.15) is 5.75 Å². The fraction of sp³-hybridized carbons (Fsp3) is 0. The summed E-state index contributed by atoms with van der Waals surface area (Å²) >= 11 is 0. The SMILES string of the molecule is Oc1ccc(Nc2c3ccccc3nc3ccccc23)cc1. The van der Waals surface area contributed by atoms with E-state index >= 15 is 0 Å². The number of nitrogens with one attached hydrogen (secondary N) is 1. The lowest BCUT2D eigenvalue weighted by Crippen LogP contribution is -1.94. The van der Waals surface area contributed by atoms with Crippen molar-refractivity contribution in [2.24, 2.45) is 0 Å². The normalized spacial score (nSPS) is 10.9. The van der Waals surface area contributed by atoms with Crippen molar-refractivity contribution in [1.82, 2.24) is 4.98 Å². The van der Waals surface area contributed by atoms with Gasteiger partial charge < -0.3 is 10.4 Å². The quantitative estimate of drug-likeness (QED) is 0.409. The van der Waals surface area contributed by atoms with Crippen molar-refractivity contribution in [3.63, 3.8) is 0 Å². The number of anilines is 2. The van der Waals surface area contributed by atoms with Crippen LogP contribution >= 0.6 is 0 Å². The van der Waals surface area contributed by atoms with E-state index in [2.05, 4.69) is 17.4 Å². The molecule has 0 unspecified atom stereocenters. The van der Waals surface area contributed by atoms with E-state index in [0.29, 0.717) is 0 Å². The van der Waals surface area contributed by atoms with E-state index in [1.807, 2.05) is 48.5 Å². The first-order valence-electron chi connectivity index (χ1n) is 7.15. The van der Waals surface area contributed by atoms with E-state index in [1.165, 1.54) is 0 Å². The summed E-state index contributed by atoms with van der Waals surface area (Å²) < 4.78 is 0. The second-order valence-corrected chi connectivity index (χ2v) is 5.19. The maximum atomic E-state index is 9.43. The maximum absolute atomic E-state index is 9.43. The number of benzene rings is 3. The maximum Gasteiger partial charge on any atom is 0.115 e. The van der Waals surface area contributed by atoms with Gasteiger partial charge in [-0.3, -0.25) is 0 Å². The van der Waals surface area contributed by atoms with Crippen molar-refractivity contribution in [2.45, 2.75) is 0 Å². The molecule has 0 aliphatic carbocycles. The van der Waals surface area contributed by atoms with E-state index in [-0.39, 0.29) is 5.75 Å². The predicted molar refractivity (Wildman–Crippen MR) is 90.6 cm³/mol. The molecule has 4 rings (SSSR count). The highest BCUT2D eigenvalue weighted by Gasteiger charge is 2.08. The van der Waals surface area contributed by atoms with E-state index in [0.717, 1.165) is 33.2 Å². The van der Waals surface area contributed by atoms with E-state index in [9.17, 15) is 5.11 Å². The number of hydrogen-bond donors (Lipinski definition) is 2. The molecule has 22 heavy (non-hydrogen) atoms. The van der Waals surface area contributed by atoms with Gasteiger partial charge in [-0.1, -0.05) is 36.4 Å². The molecular weight excluding hydrogens is 272 g/mol. The third-order valence-corrected chi connectivity index (χ3v) is 3.72. The van der Waals surface area contributed by atoms with Gasteiger partial charge in [0.2, 0.25) is 0 Å². The molecule has 0 saturated heterocycles. The van der Waals surface area contributed by atoms with Gasteiger partial charge in [0.05, 0.1) is 16.7 Å². The van der Waals surface area contributed by atoms with Gasteiger partial charge in [0, 0.05) is 16.5 Å². The van der Waals surface area contributed by atoms with Crippen molar-refractivity contribution in [2.75, 3.05) is 5.32 Å². The number of hydrogen-bond acceptors (Lipinski definition) is 3. The Morgan fingerprint density at radius 2 is 1.23 bits per heavy atom. The van der Waals surface area contributed by atoms with Crippen molar-refractivity contribution in [1.29, 1.82) is 0 Å². The Labute approximate surface area is 127 Å². The lowest BCUT2D eigenvalue weighted by Gasteiger charge is -2.13. The second-order valence-electron chi connectivity index (χ2n) is 5.19. The Kier molecular flexibility index (Phi) is 2.90. The predicted octanol–water partition coefficient (Wildman–Crippen LogP) is 4.84. The van der Waals surface area contributed by atoms with Crippen molar-refractivity contribution < 1.29 is 5.11 Å². The number of para-hydroxylation sites is 2. The molecule has 0 amide bonds. The summed E-state index contributed by atoms with van der Waals surface area (Å²) in [5.41, 5.74) is 3.89. The van der Waals surface area contributed by atoms with Crippen LogP contribution in [0.25, 0.3) is 21.8 Å². The Balaban J connectivity index is 1.97. The molecule has 0 saturated carbocycles.